The Morgan fingerprint density at radius 2 is 2.12 bits per heavy atom. The maximum absolute atomic E-state index is 13.7. The molecule has 1 aromatic carbocycles. The number of nitrogens with one attached hydrogen (secondary N) is 1. The van der Waals surface area contributed by atoms with Crippen LogP contribution in [0.25, 0.3) is 11.4 Å². The molecule has 1 aromatic heterocycles. The second-order valence-electron chi connectivity index (χ2n) is 10.5. The van der Waals surface area contributed by atoms with Gasteiger partial charge in [-0.25, -0.2) is 19.8 Å². The number of fused-ring (bicyclic) bond motifs is 4. The number of alkyl halides is 3. The Bertz CT molecular complexity index is 1310. The minimum Gasteiger partial charge on any atom is -0.478 e. The fourth-order valence-corrected chi connectivity index (χ4v) is 4.77. The van der Waals surface area contributed by atoms with Gasteiger partial charge in [-0.15, -0.1) is 0 Å². The van der Waals surface area contributed by atoms with Crippen LogP contribution in [0.5, 0.6) is 0 Å². The minimum atomic E-state index is -4.51. The lowest BCUT2D eigenvalue weighted by atomic mass is 10.1. The van der Waals surface area contributed by atoms with E-state index in [-0.39, 0.29) is 36.5 Å². The zero-order valence-corrected chi connectivity index (χ0v) is 23.8. The highest BCUT2D eigenvalue weighted by Crippen LogP contribution is 2.40. The quantitative estimate of drug-likeness (QED) is 0.117. The Balaban J connectivity index is 1.53. The fraction of sp³-hybridized carbons (Fsp3) is 0.500. The van der Waals surface area contributed by atoms with Gasteiger partial charge in [0.15, 0.2) is 17.4 Å². The Morgan fingerprint density at radius 3 is 2.81 bits per heavy atom. The van der Waals surface area contributed by atoms with Gasteiger partial charge in [-0.1, -0.05) is 19.1 Å². The summed E-state index contributed by atoms with van der Waals surface area (Å²) in [6, 6.07) is 3.75. The number of aliphatic imine (C=N–C) groups is 1. The van der Waals surface area contributed by atoms with Crippen LogP contribution in [0.2, 0.25) is 0 Å². The SMILES string of the molecule is CCC(/C=C(\N=CN)OCCCOC(C)(C)O)NC(=O)N1c2nc(-c3cccc(C(F)(F)F)c3)ncc2N2CCC1C2. The number of rotatable bonds is 11. The average molecular weight is 592 g/mol. The van der Waals surface area contributed by atoms with Gasteiger partial charge >= 0.3 is 12.2 Å². The molecule has 2 bridgehead atoms. The Morgan fingerprint density at radius 1 is 1.33 bits per heavy atom. The number of halogens is 3. The topological polar surface area (TPSA) is 138 Å². The van der Waals surface area contributed by atoms with Gasteiger partial charge in [0, 0.05) is 31.1 Å². The van der Waals surface area contributed by atoms with E-state index in [1.807, 2.05) is 6.92 Å². The van der Waals surface area contributed by atoms with Crippen molar-refractivity contribution in [1.29, 1.82) is 0 Å². The highest BCUT2D eigenvalue weighted by atomic mass is 19.4. The molecule has 3 heterocycles. The van der Waals surface area contributed by atoms with Gasteiger partial charge in [-0.05, 0) is 38.8 Å². The van der Waals surface area contributed by atoms with E-state index < -0.39 is 29.6 Å². The first kappa shape index (κ1) is 31.0. The van der Waals surface area contributed by atoms with Gasteiger partial charge in [0.1, 0.15) is 0 Å². The molecular weight excluding hydrogens is 555 g/mol. The van der Waals surface area contributed by atoms with Crippen molar-refractivity contribution in [1.82, 2.24) is 15.3 Å². The first-order valence-corrected chi connectivity index (χ1v) is 13.7. The molecule has 4 N–H and O–H groups in total. The number of urea groups is 1. The van der Waals surface area contributed by atoms with Gasteiger partial charge in [0.05, 0.1) is 49.1 Å². The van der Waals surface area contributed by atoms with Crippen molar-refractivity contribution < 1.29 is 32.5 Å². The minimum absolute atomic E-state index is 0.0913. The average Bonchev–Trinajstić information content (AvgIpc) is 3.35. The lowest BCUT2D eigenvalue weighted by molar-refractivity contribution is -0.177. The molecule has 2 amide bonds. The standard InChI is InChI=1S/C28H36F3N7O4/c1-4-20(14-23(34-17-32)41-11-6-12-42-27(2,3)40)35-26(39)38-21-9-10-37(16-21)22-15-33-24(36-25(22)38)18-7-5-8-19(13-18)28(29,30)31/h5,7-8,13-15,17,20-21,40H,4,6,9-12,16H2,1-3H3,(H2,32,34)(H,35,39)/b23-14+. The predicted molar refractivity (Wildman–Crippen MR) is 152 cm³/mol. The zero-order valence-electron chi connectivity index (χ0n) is 23.8. The molecule has 14 heteroatoms. The molecule has 2 atom stereocenters. The summed E-state index contributed by atoms with van der Waals surface area (Å²) in [5.41, 5.74) is 5.53. The normalized spacial score (nSPS) is 17.9. The van der Waals surface area contributed by atoms with E-state index in [2.05, 4.69) is 25.2 Å². The van der Waals surface area contributed by atoms with Crippen molar-refractivity contribution in [2.24, 2.45) is 10.7 Å². The number of anilines is 2. The van der Waals surface area contributed by atoms with Crippen LogP contribution < -0.4 is 20.9 Å². The maximum atomic E-state index is 13.7. The molecule has 1 saturated heterocycles. The summed E-state index contributed by atoms with van der Waals surface area (Å²) in [5.74, 6) is -0.596. The number of carbonyl (C=O) groups is 1. The molecule has 11 nitrogen and oxygen atoms in total. The Kier molecular flexibility index (Phi) is 9.57. The summed E-state index contributed by atoms with van der Waals surface area (Å²) in [4.78, 5) is 30.3. The van der Waals surface area contributed by atoms with E-state index >= 15 is 0 Å². The molecule has 42 heavy (non-hydrogen) atoms. The van der Waals surface area contributed by atoms with E-state index in [1.165, 1.54) is 26.0 Å². The molecule has 0 spiro atoms. The number of carbonyl (C=O) groups excluding carboxylic acids is 1. The summed E-state index contributed by atoms with van der Waals surface area (Å²) in [7, 11) is 0. The molecule has 4 rings (SSSR count). The van der Waals surface area contributed by atoms with Crippen LogP contribution in [0.3, 0.4) is 0 Å². The second-order valence-corrected chi connectivity index (χ2v) is 10.5. The van der Waals surface area contributed by atoms with Crippen LogP contribution in [0, 0.1) is 0 Å². The molecule has 228 valence electrons. The highest BCUT2D eigenvalue weighted by molar-refractivity contribution is 5.97. The monoisotopic (exact) mass is 591 g/mol. The first-order chi connectivity index (χ1) is 19.9. The number of aliphatic hydroxyl groups is 1. The summed E-state index contributed by atoms with van der Waals surface area (Å²) < 4.78 is 50.9. The maximum Gasteiger partial charge on any atom is 0.416 e. The zero-order chi connectivity index (χ0) is 30.5. The van der Waals surface area contributed by atoms with E-state index in [0.29, 0.717) is 43.9 Å². The van der Waals surface area contributed by atoms with E-state index in [0.717, 1.165) is 18.5 Å². The van der Waals surface area contributed by atoms with Crippen molar-refractivity contribution in [2.45, 2.75) is 64.1 Å². The van der Waals surface area contributed by atoms with Gasteiger partial charge in [-0.2, -0.15) is 13.2 Å². The number of benzene rings is 1. The van der Waals surface area contributed by atoms with E-state index in [9.17, 15) is 23.1 Å². The molecule has 0 aliphatic carbocycles. The van der Waals surface area contributed by atoms with Crippen LogP contribution in [0.4, 0.5) is 29.5 Å². The van der Waals surface area contributed by atoms with Gasteiger partial charge < -0.3 is 30.5 Å². The van der Waals surface area contributed by atoms with Crippen LogP contribution >= 0.6 is 0 Å². The third kappa shape index (κ3) is 7.68. The van der Waals surface area contributed by atoms with Gasteiger partial charge in [0.2, 0.25) is 5.88 Å². The van der Waals surface area contributed by atoms with Gasteiger partial charge in [0.25, 0.3) is 0 Å². The molecular formula is C28H36F3N7O4. The number of nitrogens with zero attached hydrogens (tertiary/aromatic N) is 5. The summed E-state index contributed by atoms with van der Waals surface area (Å²) in [6.07, 6.45) is 1.49. The molecule has 2 aliphatic heterocycles. The third-order valence-electron chi connectivity index (χ3n) is 6.80. The lowest BCUT2D eigenvalue weighted by Gasteiger charge is -2.36. The lowest BCUT2D eigenvalue weighted by Crippen LogP contribution is -2.52. The van der Waals surface area contributed by atoms with E-state index in [1.54, 1.807) is 17.2 Å². The van der Waals surface area contributed by atoms with Crippen LogP contribution in [0.15, 0.2) is 47.4 Å². The summed E-state index contributed by atoms with van der Waals surface area (Å²) in [5, 5.41) is 12.6. The Labute approximate surface area is 242 Å². The van der Waals surface area contributed by atoms with Crippen LogP contribution in [-0.4, -0.2) is 71.6 Å². The number of ether oxygens (including phenoxy) is 2. The van der Waals surface area contributed by atoms with E-state index in [4.69, 9.17) is 15.2 Å². The molecule has 2 unspecified atom stereocenters. The summed E-state index contributed by atoms with van der Waals surface area (Å²) in [6.45, 7) is 6.77. The first-order valence-electron chi connectivity index (χ1n) is 13.7. The smallest absolute Gasteiger partial charge is 0.416 e. The van der Waals surface area contributed by atoms with Crippen molar-refractivity contribution >= 4 is 23.9 Å². The van der Waals surface area contributed by atoms with Crippen molar-refractivity contribution in [3.05, 3.63) is 48.0 Å². The predicted octanol–water partition coefficient (Wildman–Crippen LogP) is 4.03. The van der Waals surface area contributed by atoms with Crippen molar-refractivity contribution in [3.8, 4) is 11.4 Å². The number of aromatic nitrogens is 2. The van der Waals surface area contributed by atoms with Gasteiger partial charge in [-0.3, -0.25) is 4.90 Å². The second kappa shape index (κ2) is 12.9. The Hall–Kier alpha value is -3.91. The molecule has 0 radical (unpaired) electrons. The van der Waals surface area contributed by atoms with Crippen molar-refractivity contribution in [3.63, 3.8) is 0 Å². The summed E-state index contributed by atoms with van der Waals surface area (Å²) >= 11 is 0. The molecule has 0 saturated carbocycles. The highest BCUT2D eigenvalue weighted by Gasteiger charge is 2.41. The number of hydrogen-bond donors (Lipinski definition) is 3. The number of amides is 2. The van der Waals surface area contributed by atoms with Crippen molar-refractivity contribution in [2.75, 3.05) is 36.1 Å². The molecule has 2 aliphatic rings. The number of hydrogen-bond acceptors (Lipinski definition) is 8. The van der Waals surface area contributed by atoms with Crippen LogP contribution in [-0.2, 0) is 15.7 Å². The molecule has 1 fully saturated rings. The largest absolute Gasteiger partial charge is 0.478 e. The number of nitrogens with two attached hydrogens (primary N) is 1. The third-order valence-corrected chi connectivity index (χ3v) is 6.80. The fourth-order valence-electron chi connectivity index (χ4n) is 4.77. The van der Waals surface area contributed by atoms with Crippen LogP contribution in [0.1, 0.15) is 45.6 Å². The molecule has 2 aromatic rings.